The standard InChI is InChI=1S/C20H18N4O2/c25-19(22-18-8-4-7-17-15(18)11-12-21-17)13-24-20(26)10-9-16(23-24)14-5-2-1-3-6-14/h1-10,21H,11-13H2,(H,22,25). The van der Waals surface area contributed by atoms with Crippen LogP contribution in [0.3, 0.4) is 0 Å². The van der Waals surface area contributed by atoms with Crippen LogP contribution >= 0.6 is 0 Å². The summed E-state index contributed by atoms with van der Waals surface area (Å²) in [5.74, 6) is -0.273. The SMILES string of the molecule is O=C(Cn1nc(-c2ccccc2)ccc1=O)Nc1cccc2c1CCN2. The van der Waals surface area contributed by atoms with Crippen molar-refractivity contribution in [2.75, 3.05) is 17.2 Å². The maximum Gasteiger partial charge on any atom is 0.267 e. The van der Waals surface area contributed by atoms with Crippen LogP contribution < -0.4 is 16.2 Å². The first-order valence-electron chi connectivity index (χ1n) is 8.50. The lowest BCUT2D eigenvalue weighted by molar-refractivity contribution is -0.117. The van der Waals surface area contributed by atoms with E-state index >= 15 is 0 Å². The zero-order chi connectivity index (χ0) is 17.9. The van der Waals surface area contributed by atoms with E-state index in [1.807, 2.05) is 48.5 Å². The second-order valence-electron chi connectivity index (χ2n) is 6.14. The fraction of sp³-hybridized carbons (Fsp3) is 0.150. The van der Waals surface area contributed by atoms with E-state index in [9.17, 15) is 9.59 Å². The van der Waals surface area contributed by atoms with Crippen molar-refractivity contribution in [1.82, 2.24) is 9.78 Å². The van der Waals surface area contributed by atoms with E-state index in [1.165, 1.54) is 10.7 Å². The average Bonchev–Trinajstić information content (AvgIpc) is 3.14. The zero-order valence-electron chi connectivity index (χ0n) is 14.1. The molecule has 0 radical (unpaired) electrons. The van der Waals surface area contributed by atoms with Crippen molar-refractivity contribution < 1.29 is 4.79 Å². The summed E-state index contributed by atoms with van der Waals surface area (Å²) in [6.07, 6.45) is 0.869. The van der Waals surface area contributed by atoms with E-state index in [0.29, 0.717) is 5.69 Å². The summed E-state index contributed by atoms with van der Waals surface area (Å²) in [4.78, 5) is 24.5. The summed E-state index contributed by atoms with van der Waals surface area (Å²) in [6, 6.07) is 18.4. The summed E-state index contributed by atoms with van der Waals surface area (Å²) in [5.41, 5.74) is 4.17. The fourth-order valence-corrected chi connectivity index (χ4v) is 3.11. The number of hydrogen-bond acceptors (Lipinski definition) is 4. The maximum atomic E-state index is 12.5. The van der Waals surface area contributed by atoms with Crippen LogP contribution in [0.15, 0.2) is 65.5 Å². The summed E-state index contributed by atoms with van der Waals surface area (Å²) < 4.78 is 1.19. The highest BCUT2D eigenvalue weighted by Gasteiger charge is 2.16. The van der Waals surface area contributed by atoms with Gasteiger partial charge in [-0.15, -0.1) is 0 Å². The number of carbonyl (C=O) groups is 1. The molecule has 1 aliphatic heterocycles. The third-order valence-corrected chi connectivity index (χ3v) is 4.37. The van der Waals surface area contributed by atoms with E-state index in [0.717, 1.165) is 35.5 Å². The van der Waals surface area contributed by atoms with Crippen LogP contribution in [0.2, 0.25) is 0 Å². The third kappa shape index (κ3) is 3.21. The van der Waals surface area contributed by atoms with E-state index < -0.39 is 0 Å². The topological polar surface area (TPSA) is 76.0 Å². The predicted octanol–water partition coefficient (Wildman–Crippen LogP) is 2.52. The third-order valence-electron chi connectivity index (χ3n) is 4.37. The number of hydrogen-bond donors (Lipinski definition) is 2. The van der Waals surface area contributed by atoms with Gasteiger partial charge in [-0.2, -0.15) is 5.10 Å². The van der Waals surface area contributed by atoms with E-state index in [2.05, 4.69) is 15.7 Å². The van der Waals surface area contributed by atoms with Crippen molar-refractivity contribution in [3.8, 4) is 11.3 Å². The molecule has 0 saturated heterocycles. The molecule has 0 spiro atoms. The molecule has 0 atom stereocenters. The molecule has 6 nitrogen and oxygen atoms in total. The summed E-state index contributed by atoms with van der Waals surface area (Å²) >= 11 is 0. The van der Waals surface area contributed by atoms with Gasteiger partial charge in [0.25, 0.3) is 5.56 Å². The Morgan fingerprint density at radius 1 is 1.08 bits per heavy atom. The number of anilines is 2. The molecule has 4 rings (SSSR count). The minimum atomic E-state index is -0.306. The summed E-state index contributed by atoms with van der Waals surface area (Å²) in [6.45, 7) is 0.735. The molecule has 0 fully saturated rings. The normalized spacial score (nSPS) is 12.3. The Balaban J connectivity index is 1.55. The average molecular weight is 346 g/mol. The van der Waals surface area contributed by atoms with Gasteiger partial charge in [-0.25, -0.2) is 4.68 Å². The van der Waals surface area contributed by atoms with Gasteiger partial charge in [-0.05, 0) is 24.6 Å². The molecule has 0 unspecified atom stereocenters. The highest BCUT2D eigenvalue weighted by Crippen LogP contribution is 2.29. The van der Waals surface area contributed by atoms with Gasteiger partial charge in [-0.1, -0.05) is 36.4 Å². The molecule has 2 N–H and O–H groups in total. The van der Waals surface area contributed by atoms with Gasteiger partial charge in [0.1, 0.15) is 6.54 Å². The van der Waals surface area contributed by atoms with Crippen molar-refractivity contribution in [2.24, 2.45) is 0 Å². The van der Waals surface area contributed by atoms with Crippen molar-refractivity contribution >= 4 is 17.3 Å². The molecule has 1 aromatic heterocycles. The van der Waals surface area contributed by atoms with Crippen LogP contribution in [0, 0.1) is 0 Å². The van der Waals surface area contributed by atoms with Gasteiger partial charge in [0.2, 0.25) is 5.91 Å². The molecular formula is C20H18N4O2. The fourth-order valence-electron chi connectivity index (χ4n) is 3.11. The Bertz CT molecular complexity index is 1010. The molecule has 0 saturated carbocycles. The van der Waals surface area contributed by atoms with Crippen molar-refractivity contribution in [3.63, 3.8) is 0 Å². The largest absolute Gasteiger partial charge is 0.384 e. The maximum absolute atomic E-state index is 12.5. The number of amides is 1. The van der Waals surface area contributed by atoms with Crippen LogP contribution in [0.1, 0.15) is 5.56 Å². The van der Waals surface area contributed by atoms with Crippen LogP contribution in [-0.4, -0.2) is 22.2 Å². The van der Waals surface area contributed by atoms with Crippen LogP contribution in [0.25, 0.3) is 11.3 Å². The van der Waals surface area contributed by atoms with Gasteiger partial charge in [-0.3, -0.25) is 9.59 Å². The number of rotatable bonds is 4. The molecule has 0 bridgehead atoms. The van der Waals surface area contributed by atoms with Crippen molar-refractivity contribution in [2.45, 2.75) is 13.0 Å². The molecule has 3 aromatic rings. The first-order valence-corrected chi connectivity index (χ1v) is 8.50. The Labute approximate surface area is 150 Å². The van der Waals surface area contributed by atoms with Gasteiger partial charge in [0.05, 0.1) is 5.69 Å². The number of benzene rings is 2. The Kier molecular flexibility index (Phi) is 4.23. The number of carbonyl (C=O) groups excluding carboxylic acids is 1. The number of nitrogens with one attached hydrogen (secondary N) is 2. The lowest BCUT2D eigenvalue weighted by Crippen LogP contribution is -2.29. The predicted molar refractivity (Wildman–Crippen MR) is 101 cm³/mol. The molecule has 1 aliphatic rings. The molecule has 6 heteroatoms. The Hall–Kier alpha value is -3.41. The zero-order valence-corrected chi connectivity index (χ0v) is 14.1. The highest BCUT2D eigenvalue weighted by molar-refractivity contribution is 5.92. The van der Waals surface area contributed by atoms with Crippen LogP contribution in [0.5, 0.6) is 0 Å². The Morgan fingerprint density at radius 2 is 1.92 bits per heavy atom. The lowest BCUT2D eigenvalue weighted by Gasteiger charge is -2.11. The molecule has 2 aromatic carbocycles. The highest BCUT2D eigenvalue weighted by atomic mass is 16.2. The second-order valence-corrected chi connectivity index (χ2v) is 6.14. The van der Waals surface area contributed by atoms with Gasteiger partial charge in [0.15, 0.2) is 0 Å². The van der Waals surface area contributed by atoms with E-state index in [-0.39, 0.29) is 18.0 Å². The lowest BCUT2D eigenvalue weighted by atomic mass is 10.1. The first-order chi connectivity index (χ1) is 12.7. The molecule has 2 heterocycles. The minimum Gasteiger partial charge on any atom is -0.384 e. The molecule has 26 heavy (non-hydrogen) atoms. The minimum absolute atomic E-state index is 0.128. The Morgan fingerprint density at radius 3 is 2.77 bits per heavy atom. The smallest absolute Gasteiger partial charge is 0.267 e. The van der Waals surface area contributed by atoms with Gasteiger partial charge in [0, 0.05) is 35.1 Å². The monoisotopic (exact) mass is 346 g/mol. The molecule has 0 aliphatic carbocycles. The molecule has 1 amide bonds. The molecular weight excluding hydrogens is 328 g/mol. The quantitative estimate of drug-likeness (QED) is 0.761. The number of fused-ring (bicyclic) bond motifs is 1. The first kappa shape index (κ1) is 16.1. The van der Waals surface area contributed by atoms with Gasteiger partial charge >= 0.3 is 0 Å². The van der Waals surface area contributed by atoms with E-state index in [4.69, 9.17) is 0 Å². The summed E-state index contributed by atoms with van der Waals surface area (Å²) in [5, 5.41) is 10.5. The second kappa shape index (κ2) is 6.84. The van der Waals surface area contributed by atoms with Crippen molar-refractivity contribution in [3.05, 3.63) is 76.6 Å². The van der Waals surface area contributed by atoms with Crippen LogP contribution in [-0.2, 0) is 17.8 Å². The van der Waals surface area contributed by atoms with Crippen molar-refractivity contribution in [1.29, 1.82) is 0 Å². The number of nitrogens with zero attached hydrogens (tertiary/aromatic N) is 2. The summed E-state index contributed by atoms with van der Waals surface area (Å²) in [7, 11) is 0. The van der Waals surface area contributed by atoms with E-state index in [1.54, 1.807) is 6.07 Å². The number of aromatic nitrogens is 2. The van der Waals surface area contributed by atoms with Gasteiger partial charge < -0.3 is 10.6 Å². The van der Waals surface area contributed by atoms with Crippen LogP contribution in [0.4, 0.5) is 11.4 Å². The molecule has 130 valence electrons.